The summed E-state index contributed by atoms with van der Waals surface area (Å²) in [5.74, 6) is 0. The maximum absolute atomic E-state index is 3.95. The van der Waals surface area contributed by atoms with Crippen molar-refractivity contribution in [2.45, 2.75) is 13.3 Å². The molecule has 1 N–H and O–H groups in total. The molecule has 0 atom stereocenters. The molecule has 94 valence electrons. The summed E-state index contributed by atoms with van der Waals surface area (Å²) in [4.78, 5) is 3.48. The van der Waals surface area contributed by atoms with Crippen molar-refractivity contribution in [3.05, 3.63) is 60.3 Å². The van der Waals surface area contributed by atoms with E-state index in [2.05, 4.69) is 67.0 Å². The third kappa shape index (κ3) is 1.97. The molecule has 0 saturated heterocycles. The monoisotopic (exact) mass is 247 g/mol. The first-order valence-electron chi connectivity index (χ1n) is 6.67. The minimum atomic E-state index is 1.04. The number of rotatable bonds is 3. The van der Waals surface area contributed by atoms with E-state index >= 15 is 0 Å². The Morgan fingerprint density at radius 2 is 1.89 bits per heavy atom. The Kier molecular flexibility index (Phi) is 2.96. The lowest BCUT2D eigenvalue weighted by Gasteiger charge is -1.98. The van der Waals surface area contributed by atoms with Gasteiger partial charge in [0.25, 0.3) is 0 Å². The molecule has 1 aromatic heterocycles. The van der Waals surface area contributed by atoms with Gasteiger partial charge in [-0.1, -0.05) is 49.9 Å². The molecule has 0 radical (unpaired) electrons. The van der Waals surface area contributed by atoms with Gasteiger partial charge in [-0.25, -0.2) is 0 Å². The van der Waals surface area contributed by atoms with Gasteiger partial charge in [0.2, 0.25) is 0 Å². The van der Waals surface area contributed by atoms with Crippen LogP contribution in [-0.4, -0.2) is 4.98 Å². The molecule has 0 fully saturated rings. The molecule has 3 aromatic rings. The number of fused-ring (bicyclic) bond motifs is 2. The molecule has 19 heavy (non-hydrogen) atoms. The molecule has 0 amide bonds. The second-order valence-electron chi connectivity index (χ2n) is 4.71. The topological polar surface area (TPSA) is 15.8 Å². The molecule has 3 rings (SSSR count). The largest absolute Gasteiger partial charge is 0.355 e. The van der Waals surface area contributed by atoms with Gasteiger partial charge in [0.15, 0.2) is 0 Å². The van der Waals surface area contributed by atoms with Crippen molar-refractivity contribution in [1.82, 2.24) is 4.98 Å². The van der Waals surface area contributed by atoms with Crippen molar-refractivity contribution in [3.8, 4) is 0 Å². The van der Waals surface area contributed by atoms with Crippen LogP contribution in [0, 0.1) is 0 Å². The average Bonchev–Trinajstić information content (AvgIpc) is 2.78. The maximum atomic E-state index is 3.95. The fraction of sp³-hybridized carbons (Fsp3) is 0.111. The lowest BCUT2D eigenvalue weighted by atomic mass is 10.0. The Labute approximate surface area is 113 Å². The van der Waals surface area contributed by atoms with E-state index < -0.39 is 0 Å². The summed E-state index contributed by atoms with van der Waals surface area (Å²) < 4.78 is 0. The summed E-state index contributed by atoms with van der Waals surface area (Å²) in [6.45, 7) is 6.09. The van der Waals surface area contributed by atoms with Crippen LogP contribution in [0.1, 0.15) is 24.6 Å². The number of nitrogens with one attached hydrogen (secondary N) is 1. The highest BCUT2D eigenvalue weighted by atomic mass is 14.7. The molecular formula is C18H17N. The molecule has 1 nitrogen and oxygen atoms in total. The van der Waals surface area contributed by atoms with Gasteiger partial charge in [0.05, 0.1) is 0 Å². The van der Waals surface area contributed by atoms with E-state index in [1.165, 1.54) is 27.2 Å². The van der Waals surface area contributed by atoms with E-state index in [0.29, 0.717) is 0 Å². The fourth-order valence-corrected chi connectivity index (χ4v) is 2.51. The SMILES string of the molecule is C=Cc1c(/C=C\CC)[nH]c2cc3ccccc3cc12. The molecule has 0 aliphatic rings. The van der Waals surface area contributed by atoms with Crippen LogP contribution in [0.2, 0.25) is 0 Å². The number of aromatic amines is 1. The minimum Gasteiger partial charge on any atom is -0.355 e. The van der Waals surface area contributed by atoms with E-state index in [1.807, 2.05) is 6.08 Å². The van der Waals surface area contributed by atoms with Gasteiger partial charge in [-0.15, -0.1) is 0 Å². The third-order valence-corrected chi connectivity index (χ3v) is 3.46. The van der Waals surface area contributed by atoms with Crippen molar-refractivity contribution in [2.24, 2.45) is 0 Å². The molecule has 0 aliphatic carbocycles. The van der Waals surface area contributed by atoms with Gasteiger partial charge in [0, 0.05) is 22.2 Å². The summed E-state index contributed by atoms with van der Waals surface area (Å²) in [7, 11) is 0. The molecule has 0 bridgehead atoms. The quantitative estimate of drug-likeness (QED) is 0.639. The standard InChI is InChI=1S/C18H17N/c1-3-5-10-17-15(4-2)16-11-13-8-6-7-9-14(13)12-18(16)19-17/h4-12,19H,2-3H2,1H3/b10-5-. The van der Waals surface area contributed by atoms with Crippen LogP contribution in [0.25, 0.3) is 33.8 Å². The van der Waals surface area contributed by atoms with Crippen LogP contribution < -0.4 is 0 Å². The summed E-state index contributed by atoms with van der Waals surface area (Å²) in [5.41, 5.74) is 3.50. The van der Waals surface area contributed by atoms with Crippen molar-refractivity contribution in [3.63, 3.8) is 0 Å². The predicted octanol–water partition coefficient (Wildman–Crippen LogP) is 5.39. The number of hydrogen-bond donors (Lipinski definition) is 1. The van der Waals surface area contributed by atoms with Crippen LogP contribution in [0.3, 0.4) is 0 Å². The average molecular weight is 247 g/mol. The lowest BCUT2D eigenvalue weighted by Crippen LogP contribution is -1.74. The van der Waals surface area contributed by atoms with Crippen molar-refractivity contribution >= 4 is 33.8 Å². The Bertz CT molecular complexity index is 775. The van der Waals surface area contributed by atoms with Gasteiger partial charge in [-0.3, -0.25) is 0 Å². The van der Waals surface area contributed by atoms with Crippen LogP contribution in [0.4, 0.5) is 0 Å². The molecular weight excluding hydrogens is 230 g/mol. The van der Waals surface area contributed by atoms with Gasteiger partial charge < -0.3 is 4.98 Å². The van der Waals surface area contributed by atoms with Crippen LogP contribution in [0.5, 0.6) is 0 Å². The first kappa shape index (κ1) is 11.8. The zero-order valence-corrected chi connectivity index (χ0v) is 11.1. The van der Waals surface area contributed by atoms with E-state index in [0.717, 1.165) is 12.1 Å². The fourth-order valence-electron chi connectivity index (χ4n) is 2.51. The van der Waals surface area contributed by atoms with E-state index in [-0.39, 0.29) is 0 Å². The molecule has 0 saturated carbocycles. The second-order valence-corrected chi connectivity index (χ2v) is 4.71. The maximum Gasteiger partial charge on any atom is 0.0471 e. The molecule has 1 heteroatoms. The Morgan fingerprint density at radius 3 is 2.58 bits per heavy atom. The second kappa shape index (κ2) is 4.77. The number of allylic oxidation sites excluding steroid dienone is 1. The van der Waals surface area contributed by atoms with E-state index in [9.17, 15) is 0 Å². The summed E-state index contributed by atoms with van der Waals surface area (Å²) in [6, 6.07) is 12.9. The summed E-state index contributed by atoms with van der Waals surface area (Å²) in [6.07, 6.45) is 7.27. The summed E-state index contributed by atoms with van der Waals surface area (Å²) in [5, 5.41) is 3.77. The smallest absolute Gasteiger partial charge is 0.0471 e. The van der Waals surface area contributed by atoms with Crippen molar-refractivity contribution in [2.75, 3.05) is 0 Å². The predicted molar refractivity (Wildman–Crippen MR) is 85.2 cm³/mol. The van der Waals surface area contributed by atoms with Crippen LogP contribution >= 0.6 is 0 Å². The molecule has 0 aliphatic heterocycles. The van der Waals surface area contributed by atoms with Gasteiger partial charge in [0.1, 0.15) is 0 Å². The first-order chi connectivity index (χ1) is 9.33. The van der Waals surface area contributed by atoms with Crippen molar-refractivity contribution < 1.29 is 0 Å². The highest BCUT2D eigenvalue weighted by molar-refractivity contribution is 6.02. The minimum absolute atomic E-state index is 1.04. The Morgan fingerprint density at radius 1 is 1.16 bits per heavy atom. The highest BCUT2D eigenvalue weighted by Crippen LogP contribution is 2.29. The molecule has 2 aromatic carbocycles. The number of aromatic nitrogens is 1. The molecule has 1 heterocycles. The zero-order valence-electron chi connectivity index (χ0n) is 11.1. The van der Waals surface area contributed by atoms with E-state index in [1.54, 1.807) is 0 Å². The molecule has 0 unspecified atom stereocenters. The highest BCUT2D eigenvalue weighted by Gasteiger charge is 2.07. The van der Waals surface area contributed by atoms with Gasteiger partial charge in [-0.2, -0.15) is 0 Å². The number of benzene rings is 2. The Hall–Kier alpha value is -2.28. The van der Waals surface area contributed by atoms with Crippen LogP contribution in [0.15, 0.2) is 49.1 Å². The van der Waals surface area contributed by atoms with Crippen molar-refractivity contribution in [1.29, 1.82) is 0 Å². The zero-order chi connectivity index (χ0) is 13.2. The Balaban J connectivity index is 2.33. The van der Waals surface area contributed by atoms with Gasteiger partial charge >= 0.3 is 0 Å². The van der Waals surface area contributed by atoms with Crippen LogP contribution in [-0.2, 0) is 0 Å². The third-order valence-electron chi connectivity index (χ3n) is 3.46. The first-order valence-corrected chi connectivity index (χ1v) is 6.67. The number of H-pyrrole nitrogens is 1. The van der Waals surface area contributed by atoms with Gasteiger partial charge in [-0.05, 0) is 35.4 Å². The van der Waals surface area contributed by atoms with E-state index in [4.69, 9.17) is 0 Å². The number of hydrogen-bond acceptors (Lipinski definition) is 0. The summed E-state index contributed by atoms with van der Waals surface area (Å²) >= 11 is 0. The molecule has 0 spiro atoms. The normalized spacial score (nSPS) is 11.6. The lowest BCUT2D eigenvalue weighted by molar-refractivity contribution is 1.23.